The Kier molecular flexibility index (Phi) is 10.8. The largest absolute Gasteiger partial charge is 0.469 e. The predicted octanol–water partition coefficient (Wildman–Crippen LogP) is 1.46. The number of esters is 1. The van der Waals surface area contributed by atoms with Crippen molar-refractivity contribution in [2.75, 3.05) is 35.0 Å². The van der Waals surface area contributed by atoms with Crippen LogP contribution in [-0.4, -0.2) is 95.1 Å². The zero-order chi connectivity index (χ0) is 23.0. The van der Waals surface area contributed by atoms with Gasteiger partial charge in [-0.2, -0.15) is 0 Å². The van der Waals surface area contributed by atoms with Crippen LogP contribution in [0.25, 0.3) is 0 Å². The summed E-state index contributed by atoms with van der Waals surface area (Å²) in [5.74, 6) is -0.455. The van der Waals surface area contributed by atoms with Gasteiger partial charge in [0.1, 0.15) is 18.3 Å². The third-order valence-corrected chi connectivity index (χ3v) is 6.14. The average Bonchev–Trinajstić information content (AvgIpc) is 2.76. The van der Waals surface area contributed by atoms with Gasteiger partial charge in [0.15, 0.2) is 6.29 Å². The van der Waals surface area contributed by atoms with Gasteiger partial charge in [0.25, 0.3) is 0 Å². The van der Waals surface area contributed by atoms with Gasteiger partial charge in [0.05, 0.1) is 44.6 Å². The molecule has 0 aromatic carbocycles. The van der Waals surface area contributed by atoms with Gasteiger partial charge in [-0.05, 0) is 12.8 Å². The number of hydrogen-bond acceptors (Lipinski definition) is 9. The summed E-state index contributed by atoms with van der Waals surface area (Å²) in [5.41, 5.74) is 0. The zero-order valence-corrected chi connectivity index (χ0v) is 19.2. The molecule has 180 valence electrons. The first-order valence-corrected chi connectivity index (χ1v) is 10.7. The molecule has 9 heteroatoms. The highest BCUT2D eigenvalue weighted by Crippen LogP contribution is 2.34. The number of hydrogen-bond donors (Lipinski definition) is 1. The van der Waals surface area contributed by atoms with Gasteiger partial charge >= 0.3 is 5.97 Å². The van der Waals surface area contributed by atoms with Crippen LogP contribution in [-0.2, 0) is 38.0 Å². The zero-order valence-electron chi connectivity index (χ0n) is 19.2. The lowest BCUT2D eigenvalue weighted by molar-refractivity contribution is -0.308. The number of methoxy groups -OCH3 is 4. The summed E-state index contributed by atoms with van der Waals surface area (Å²) in [5, 5.41) is 10.2. The van der Waals surface area contributed by atoms with Gasteiger partial charge in [-0.25, -0.2) is 0 Å². The second-order valence-corrected chi connectivity index (χ2v) is 8.14. The number of carbonyl (C=O) groups is 1. The molecule has 2 aliphatic heterocycles. The highest BCUT2D eigenvalue weighted by molar-refractivity contribution is 5.69. The summed E-state index contributed by atoms with van der Waals surface area (Å²) < 4.78 is 39.9. The summed E-state index contributed by atoms with van der Waals surface area (Å²) >= 11 is 0. The van der Waals surface area contributed by atoms with Crippen molar-refractivity contribution in [1.29, 1.82) is 0 Å². The Hall–Kier alpha value is -1.07. The fraction of sp³-hybridized carbons (Fsp3) is 0.864. The van der Waals surface area contributed by atoms with Crippen LogP contribution >= 0.6 is 0 Å². The van der Waals surface area contributed by atoms with Gasteiger partial charge in [-0.1, -0.05) is 13.0 Å². The minimum absolute atomic E-state index is 0.103. The number of ether oxygens (including phenoxy) is 7. The maximum atomic E-state index is 11.9. The molecule has 0 amide bonds. The van der Waals surface area contributed by atoms with E-state index >= 15 is 0 Å². The lowest BCUT2D eigenvalue weighted by Crippen LogP contribution is -2.58. The van der Waals surface area contributed by atoms with Crippen molar-refractivity contribution in [3.05, 3.63) is 12.7 Å². The Morgan fingerprint density at radius 3 is 2.45 bits per heavy atom. The van der Waals surface area contributed by atoms with Crippen molar-refractivity contribution >= 4 is 5.97 Å². The summed E-state index contributed by atoms with van der Waals surface area (Å²) in [7, 11) is 6.14. The summed E-state index contributed by atoms with van der Waals surface area (Å²) in [4.78, 5) is 11.9. The molecule has 0 radical (unpaired) electrons. The molecule has 9 nitrogen and oxygen atoms in total. The van der Waals surface area contributed by atoms with Crippen LogP contribution in [0.4, 0.5) is 0 Å². The molecule has 0 aromatic heterocycles. The molecular formula is C22H38O9. The predicted molar refractivity (Wildman–Crippen MR) is 112 cm³/mol. The molecule has 2 rings (SSSR count). The number of aliphatic hydroxyl groups excluding tert-OH is 1. The van der Waals surface area contributed by atoms with Gasteiger partial charge in [-0.3, -0.25) is 4.79 Å². The molecule has 1 N–H and O–H groups in total. The lowest BCUT2D eigenvalue weighted by Gasteiger charge is -2.45. The van der Waals surface area contributed by atoms with Gasteiger partial charge in [0, 0.05) is 33.7 Å². The standard InChI is InChI=1S/C22H38O9/c1-7-8-14(23)9-15-10-16(13(2)17(30-15)11-19(24)26-4)31-22-21(28-6)20(27-5)18(25-3)12-29-22/h7,13-18,20-23H,1,8-12H2,2-6H3/t13-,14-,15-,16+,17+,18-,20+,21-,22+/m1/s1. The van der Waals surface area contributed by atoms with Crippen molar-refractivity contribution in [2.24, 2.45) is 5.92 Å². The second-order valence-electron chi connectivity index (χ2n) is 8.14. The summed E-state index contributed by atoms with van der Waals surface area (Å²) in [6.07, 6.45) is -0.0737. The molecule has 0 spiro atoms. The van der Waals surface area contributed by atoms with Crippen molar-refractivity contribution in [3.63, 3.8) is 0 Å². The van der Waals surface area contributed by atoms with Gasteiger partial charge in [-0.15, -0.1) is 6.58 Å². The fourth-order valence-corrected chi connectivity index (χ4v) is 4.31. The normalized spacial score (nSPS) is 37.2. The molecular weight excluding hydrogens is 408 g/mol. The van der Waals surface area contributed by atoms with Crippen LogP contribution < -0.4 is 0 Å². The van der Waals surface area contributed by atoms with Crippen molar-refractivity contribution < 1.29 is 43.1 Å². The highest BCUT2D eigenvalue weighted by Gasteiger charge is 2.46. The quantitative estimate of drug-likeness (QED) is 0.373. The highest BCUT2D eigenvalue weighted by atomic mass is 16.7. The third-order valence-electron chi connectivity index (χ3n) is 6.14. The Morgan fingerprint density at radius 1 is 1.16 bits per heavy atom. The fourth-order valence-electron chi connectivity index (χ4n) is 4.31. The van der Waals surface area contributed by atoms with Crippen molar-refractivity contribution in [2.45, 2.75) is 81.6 Å². The van der Waals surface area contributed by atoms with E-state index in [4.69, 9.17) is 33.2 Å². The molecule has 0 aliphatic carbocycles. The number of aliphatic hydroxyl groups is 1. The molecule has 31 heavy (non-hydrogen) atoms. The first-order chi connectivity index (χ1) is 14.9. The summed E-state index contributed by atoms with van der Waals surface area (Å²) in [6.45, 7) is 5.96. The maximum absolute atomic E-state index is 11.9. The molecule has 2 fully saturated rings. The van der Waals surface area contributed by atoms with Crippen molar-refractivity contribution in [1.82, 2.24) is 0 Å². The first kappa shape index (κ1) is 26.2. The molecule has 0 aromatic rings. The summed E-state index contributed by atoms with van der Waals surface area (Å²) in [6, 6.07) is 0. The Labute approximate surface area is 184 Å². The SMILES string of the molecule is C=CC[C@@H](O)C[C@@H]1C[C@H](O[C@@H]2OC[C@@H](OC)[C@H](OC)[C@H]2OC)[C@@H](C)[C@H](CC(=O)OC)O1. The topological polar surface area (TPSA) is 102 Å². The van der Waals surface area contributed by atoms with Crippen LogP contribution in [0.3, 0.4) is 0 Å². The minimum Gasteiger partial charge on any atom is -0.469 e. The molecule has 0 bridgehead atoms. The van der Waals surface area contributed by atoms with E-state index in [0.717, 1.165) is 0 Å². The Morgan fingerprint density at radius 2 is 1.87 bits per heavy atom. The monoisotopic (exact) mass is 446 g/mol. The van der Waals surface area contributed by atoms with Crippen LogP contribution in [0.1, 0.15) is 32.6 Å². The maximum Gasteiger partial charge on any atom is 0.308 e. The number of carbonyl (C=O) groups excluding carboxylic acids is 1. The van der Waals surface area contributed by atoms with Gasteiger partial charge < -0.3 is 38.3 Å². The molecule has 2 saturated heterocycles. The Balaban J connectivity index is 2.14. The van der Waals surface area contributed by atoms with E-state index in [9.17, 15) is 9.90 Å². The third kappa shape index (κ3) is 6.95. The molecule has 2 aliphatic rings. The van der Waals surface area contributed by atoms with Crippen LogP contribution in [0.15, 0.2) is 12.7 Å². The van der Waals surface area contributed by atoms with E-state index in [-0.39, 0.29) is 42.7 Å². The molecule has 9 atom stereocenters. The van der Waals surface area contributed by atoms with E-state index in [1.807, 2.05) is 6.92 Å². The van der Waals surface area contributed by atoms with E-state index in [0.29, 0.717) is 25.9 Å². The molecule has 0 saturated carbocycles. The van der Waals surface area contributed by atoms with E-state index in [2.05, 4.69) is 6.58 Å². The van der Waals surface area contributed by atoms with E-state index < -0.39 is 24.6 Å². The minimum atomic E-state index is -0.663. The van der Waals surface area contributed by atoms with E-state index in [1.165, 1.54) is 7.11 Å². The molecule has 2 heterocycles. The van der Waals surface area contributed by atoms with Crippen LogP contribution in [0.5, 0.6) is 0 Å². The molecule has 0 unspecified atom stereocenters. The smallest absolute Gasteiger partial charge is 0.308 e. The average molecular weight is 447 g/mol. The van der Waals surface area contributed by atoms with Crippen LogP contribution in [0, 0.1) is 5.92 Å². The van der Waals surface area contributed by atoms with Crippen LogP contribution in [0.2, 0.25) is 0 Å². The van der Waals surface area contributed by atoms with Crippen molar-refractivity contribution in [3.8, 4) is 0 Å². The first-order valence-electron chi connectivity index (χ1n) is 10.7. The Bertz CT molecular complexity index is 557. The number of rotatable bonds is 11. The van der Waals surface area contributed by atoms with Gasteiger partial charge in [0.2, 0.25) is 0 Å². The van der Waals surface area contributed by atoms with E-state index in [1.54, 1.807) is 27.4 Å². The second kappa shape index (κ2) is 12.8. The lowest BCUT2D eigenvalue weighted by atomic mass is 9.86.